The van der Waals surface area contributed by atoms with Gasteiger partial charge in [-0.3, -0.25) is 4.18 Å². The number of rotatable bonds is 5. The van der Waals surface area contributed by atoms with Crippen molar-refractivity contribution in [1.82, 2.24) is 0 Å². The Bertz CT molecular complexity index is 1090. The molecule has 1 aromatic rings. The molecule has 0 bridgehead atoms. The highest BCUT2D eigenvalue weighted by Gasteiger charge is 2.58. The number of fused-ring (bicyclic) bond motifs is 5. The molecule has 186 valence electrons. The Kier molecular flexibility index (Phi) is 6.14. The van der Waals surface area contributed by atoms with Crippen molar-refractivity contribution in [3.63, 3.8) is 0 Å². The van der Waals surface area contributed by atoms with E-state index in [0.717, 1.165) is 24.8 Å². The minimum Gasteiger partial charge on any atom is -0.389 e. The van der Waals surface area contributed by atoms with Crippen molar-refractivity contribution < 1.29 is 17.7 Å². The third-order valence-electron chi connectivity index (χ3n) is 10.2. The standard InChI is InChI=1S/C29H40O4S/c1-19-5-8-23(9-6-19)34(31,32)33-18-20(2)25-11-12-26-24-10-7-21-17-22(30)13-15-28(21,3)27(24)14-16-29(25,26)4/h5-9,13,15,20,22,24-27,30H,10-12,14,16-18H2,1-4H3/t20-,22?,24+,25-,26+,27+,28+,29-/m1/s1. The molecule has 1 N–H and O–H groups in total. The van der Waals surface area contributed by atoms with E-state index in [9.17, 15) is 13.5 Å². The van der Waals surface area contributed by atoms with Crippen LogP contribution in [0, 0.1) is 47.3 Å². The monoisotopic (exact) mass is 484 g/mol. The van der Waals surface area contributed by atoms with Gasteiger partial charge < -0.3 is 5.11 Å². The Morgan fingerprint density at radius 2 is 1.85 bits per heavy atom. The first-order valence-electron chi connectivity index (χ1n) is 13.1. The molecule has 8 atom stereocenters. The molecule has 5 rings (SSSR count). The Labute approximate surface area is 205 Å². The summed E-state index contributed by atoms with van der Waals surface area (Å²) in [5, 5.41) is 10.2. The van der Waals surface area contributed by atoms with Gasteiger partial charge in [0.25, 0.3) is 10.1 Å². The van der Waals surface area contributed by atoms with Gasteiger partial charge in [0, 0.05) is 5.41 Å². The van der Waals surface area contributed by atoms with Crippen LogP contribution in [0.4, 0.5) is 0 Å². The second-order valence-corrected chi connectivity index (χ2v) is 13.6. The third-order valence-corrected chi connectivity index (χ3v) is 11.5. The zero-order valence-electron chi connectivity index (χ0n) is 21.0. The molecular weight excluding hydrogens is 444 g/mol. The molecule has 0 radical (unpaired) electrons. The van der Waals surface area contributed by atoms with Crippen LogP contribution in [0.2, 0.25) is 0 Å². The zero-order valence-corrected chi connectivity index (χ0v) is 21.9. The molecular formula is C29H40O4S. The maximum absolute atomic E-state index is 12.8. The minimum atomic E-state index is -3.73. The predicted octanol–water partition coefficient (Wildman–Crippen LogP) is 6.05. The van der Waals surface area contributed by atoms with Crippen molar-refractivity contribution in [1.29, 1.82) is 0 Å². The van der Waals surface area contributed by atoms with E-state index in [-0.39, 0.29) is 34.4 Å². The van der Waals surface area contributed by atoms with Crippen LogP contribution in [0.15, 0.2) is 53.0 Å². The van der Waals surface area contributed by atoms with Crippen LogP contribution in [0.25, 0.3) is 0 Å². The Hall–Kier alpha value is -1.43. The SMILES string of the molecule is Cc1ccc(S(=O)(=O)OC[C@@H](C)[C@H]2CC[C@H]3[C@@H]4CC=C5CC(O)C=C[C@]5(C)[C@H]4CC[C@]23C)cc1. The van der Waals surface area contributed by atoms with E-state index in [1.165, 1.54) is 24.8 Å². The smallest absolute Gasteiger partial charge is 0.296 e. The van der Waals surface area contributed by atoms with E-state index in [0.29, 0.717) is 23.7 Å². The van der Waals surface area contributed by atoms with Crippen molar-refractivity contribution in [2.45, 2.75) is 77.2 Å². The molecule has 0 heterocycles. The maximum Gasteiger partial charge on any atom is 0.296 e. The normalized spacial score (nSPS) is 40.1. The molecule has 2 fully saturated rings. The summed E-state index contributed by atoms with van der Waals surface area (Å²) in [6.07, 6.45) is 13.1. The number of aryl methyl sites for hydroxylation is 1. The van der Waals surface area contributed by atoms with E-state index >= 15 is 0 Å². The number of aliphatic hydroxyl groups is 1. The first-order valence-corrected chi connectivity index (χ1v) is 14.5. The summed E-state index contributed by atoms with van der Waals surface area (Å²) in [4.78, 5) is 0.241. The fourth-order valence-corrected chi connectivity index (χ4v) is 9.30. The van der Waals surface area contributed by atoms with Crippen LogP contribution in [0.1, 0.15) is 64.9 Å². The Morgan fingerprint density at radius 1 is 1.12 bits per heavy atom. The lowest BCUT2D eigenvalue weighted by Crippen LogP contribution is -2.50. The van der Waals surface area contributed by atoms with E-state index in [4.69, 9.17) is 4.18 Å². The summed E-state index contributed by atoms with van der Waals surface area (Å²) < 4.78 is 31.1. The van der Waals surface area contributed by atoms with Crippen molar-refractivity contribution in [3.05, 3.63) is 53.6 Å². The van der Waals surface area contributed by atoms with Crippen LogP contribution in [-0.2, 0) is 14.3 Å². The minimum absolute atomic E-state index is 0.0818. The van der Waals surface area contributed by atoms with E-state index in [1.54, 1.807) is 12.1 Å². The number of hydrogen-bond acceptors (Lipinski definition) is 4. The lowest BCUT2D eigenvalue weighted by molar-refractivity contribution is -0.0383. The molecule has 0 saturated heterocycles. The van der Waals surface area contributed by atoms with Gasteiger partial charge in [-0.25, -0.2) is 0 Å². The topological polar surface area (TPSA) is 63.6 Å². The van der Waals surface area contributed by atoms with Crippen LogP contribution < -0.4 is 0 Å². The maximum atomic E-state index is 12.8. The second-order valence-electron chi connectivity index (χ2n) is 12.0. The summed E-state index contributed by atoms with van der Waals surface area (Å²) >= 11 is 0. The number of aliphatic hydroxyl groups excluding tert-OH is 1. The highest BCUT2D eigenvalue weighted by molar-refractivity contribution is 7.86. The molecule has 0 spiro atoms. The highest BCUT2D eigenvalue weighted by Crippen LogP contribution is 2.66. The summed E-state index contributed by atoms with van der Waals surface area (Å²) in [5.41, 5.74) is 2.78. The fraction of sp³-hybridized carbons (Fsp3) is 0.655. The molecule has 0 aliphatic heterocycles. The molecule has 4 aliphatic carbocycles. The fourth-order valence-electron chi connectivity index (χ4n) is 8.30. The van der Waals surface area contributed by atoms with Gasteiger partial charge in [-0.15, -0.1) is 0 Å². The van der Waals surface area contributed by atoms with Gasteiger partial charge in [-0.2, -0.15) is 8.42 Å². The zero-order chi connectivity index (χ0) is 24.3. The van der Waals surface area contributed by atoms with Crippen molar-refractivity contribution >= 4 is 10.1 Å². The summed E-state index contributed by atoms with van der Waals surface area (Å²) in [6, 6.07) is 6.89. The third kappa shape index (κ3) is 3.92. The quantitative estimate of drug-likeness (QED) is 0.408. The van der Waals surface area contributed by atoms with Gasteiger partial charge in [0.15, 0.2) is 0 Å². The van der Waals surface area contributed by atoms with E-state index in [1.807, 2.05) is 25.1 Å². The lowest BCUT2D eigenvalue weighted by Gasteiger charge is -2.57. The lowest BCUT2D eigenvalue weighted by atomic mass is 9.48. The molecule has 4 aliphatic rings. The predicted molar refractivity (Wildman–Crippen MR) is 135 cm³/mol. The Morgan fingerprint density at radius 3 is 2.59 bits per heavy atom. The number of allylic oxidation sites excluding steroid dienone is 2. The van der Waals surface area contributed by atoms with Gasteiger partial charge in [0.1, 0.15) is 0 Å². The van der Waals surface area contributed by atoms with Gasteiger partial charge in [0.2, 0.25) is 0 Å². The van der Waals surface area contributed by atoms with Gasteiger partial charge in [-0.05, 0) is 92.6 Å². The van der Waals surface area contributed by atoms with Crippen LogP contribution in [0.3, 0.4) is 0 Å². The Balaban J connectivity index is 1.30. The first kappa shape index (κ1) is 24.3. The first-order chi connectivity index (χ1) is 16.0. The number of hydrogen-bond donors (Lipinski definition) is 1. The largest absolute Gasteiger partial charge is 0.389 e. The van der Waals surface area contributed by atoms with Gasteiger partial charge >= 0.3 is 0 Å². The van der Waals surface area contributed by atoms with Crippen LogP contribution in [0.5, 0.6) is 0 Å². The average molecular weight is 485 g/mol. The van der Waals surface area contributed by atoms with Crippen LogP contribution in [-0.4, -0.2) is 26.2 Å². The van der Waals surface area contributed by atoms with Crippen molar-refractivity contribution in [2.75, 3.05) is 6.61 Å². The molecule has 1 aromatic carbocycles. The highest BCUT2D eigenvalue weighted by atomic mass is 32.2. The summed E-state index contributed by atoms with van der Waals surface area (Å²) in [5.74, 6) is 2.65. The van der Waals surface area contributed by atoms with E-state index in [2.05, 4.69) is 32.9 Å². The molecule has 2 saturated carbocycles. The second kappa shape index (κ2) is 8.60. The van der Waals surface area contributed by atoms with Crippen LogP contribution >= 0.6 is 0 Å². The van der Waals surface area contributed by atoms with Gasteiger partial charge in [0.05, 0.1) is 17.6 Å². The molecule has 0 amide bonds. The molecule has 4 nitrogen and oxygen atoms in total. The molecule has 0 aromatic heterocycles. The average Bonchev–Trinajstić information content (AvgIpc) is 3.15. The summed E-state index contributed by atoms with van der Waals surface area (Å²) in [7, 11) is -3.73. The molecule has 5 heteroatoms. The molecule has 1 unspecified atom stereocenters. The molecule has 34 heavy (non-hydrogen) atoms. The summed E-state index contributed by atoms with van der Waals surface area (Å²) in [6.45, 7) is 9.24. The van der Waals surface area contributed by atoms with Gasteiger partial charge in [-0.1, -0.05) is 62.3 Å². The van der Waals surface area contributed by atoms with Crippen molar-refractivity contribution in [2.24, 2.45) is 40.4 Å². The van der Waals surface area contributed by atoms with E-state index < -0.39 is 10.1 Å². The number of benzene rings is 1. The van der Waals surface area contributed by atoms with Crippen molar-refractivity contribution in [3.8, 4) is 0 Å².